The molecule has 0 spiro atoms. The summed E-state index contributed by atoms with van der Waals surface area (Å²) in [5.74, 6) is 3.78. The maximum Gasteiger partial charge on any atom is -0.0279 e. The molecule has 3 atom stereocenters. The van der Waals surface area contributed by atoms with E-state index in [9.17, 15) is 0 Å². The molecule has 106 valence electrons. The molecule has 0 aliphatic heterocycles. The highest BCUT2D eigenvalue weighted by atomic mass is 14.3. The Hall–Kier alpha value is -0.780. The van der Waals surface area contributed by atoms with E-state index in [2.05, 4.69) is 51.1 Å². The standard InChI is InChI=1S/C19H30/c1-15(2)19-13-12-16(3)14-18(19)11-7-10-17-8-5-4-6-9-17/h4-6,8-9,15-16,18-19H,7,10-14H2,1-3H3/t16-,18-,19+/m1/s1. The van der Waals surface area contributed by atoms with E-state index in [4.69, 9.17) is 0 Å². The van der Waals surface area contributed by atoms with Crippen LogP contribution >= 0.6 is 0 Å². The van der Waals surface area contributed by atoms with Gasteiger partial charge in [-0.05, 0) is 61.3 Å². The van der Waals surface area contributed by atoms with Crippen LogP contribution in [0.2, 0.25) is 0 Å². The topological polar surface area (TPSA) is 0 Å². The molecular weight excluding hydrogens is 228 g/mol. The molecule has 0 heterocycles. The van der Waals surface area contributed by atoms with E-state index in [-0.39, 0.29) is 0 Å². The lowest BCUT2D eigenvalue weighted by atomic mass is 9.68. The fourth-order valence-corrected chi connectivity index (χ4v) is 3.94. The van der Waals surface area contributed by atoms with E-state index < -0.39 is 0 Å². The Morgan fingerprint density at radius 2 is 1.84 bits per heavy atom. The van der Waals surface area contributed by atoms with Gasteiger partial charge in [0.25, 0.3) is 0 Å². The van der Waals surface area contributed by atoms with Gasteiger partial charge in [-0.15, -0.1) is 0 Å². The van der Waals surface area contributed by atoms with Crippen molar-refractivity contribution in [2.45, 2.75) is 59.3 Å². The second kappa shape index (κ2) is 7.12. The monoisotopic (exact) mass is 258 g/mol. The average Bonchev–Trinajstić information content (AvgIpc) is 2.39. The summed E-state index contributed by atoms with van der Waals surface area (Å²) in [6, 6.07) is 11.0. The van der Waals surface area contributed by atoms with Crippen LogP contribution in [-0.2, 0) is 6.42 Å². The molecule has 1 aromatic carbocycles. The summed E-state index contributed by atoms with van der Waals surface area (Å²) in [7, 11) is 0. The zero-order valence-corrected chi connectivity index (χ0v) is 12.9. The van der Waals surface area contributed by atoms with Gasteiger partial charge in [-0.1, -0.05) is 57.5 Å². The molecule has 1 saturated carbocycles. The van der Waals surface area contributed by atoms with E-state index >= 15 is 0 Å². The van der Waals surface area contributed by atoms with Gasteiger partial charge in [0.2, 0.25) is 0 Å². The van der Waals surface area contributed by atoms with Gasteiger partial charge in [0, 0.05) is 0 Å². The molecule has 0 nitrogen and oxygen atoms in total. The molecule has 1 aromatic rings. The maximum absolute atomic E-state index is 2.45. The lowest BCUT2D eigenvalue weighted by Crippen LogP contribution is -2.27. The fraction of sp³-hybridized carbons (Fsp3) is 0.684. The van der Waals surface area contributed by atoms with Crippen molar-refractivity contribution in [2.75, 3.05) is 0 Å². The van der Waals surface area contributed by atoms with Crippen LogP contribution < -0.4 is 0 Å². The molecule has 1 aliphatic rings. The van der Waals surface area contributed by atoms with Crippen LogP contribution in [0.3, 0.4) is 0 Å². The molecule has 0 aromatic heterocycles. The summed E-state index contributed by atoms with van der Waals surface area (Å²) in [5, 5.41) is 0. The number of hydrogen-bond acceptors (Lipinski definition) is 0. The minimum atomic E-state index is 0.870. The first kappa shape index (κ1) is 14.6. The van der Waals surface area contributed by atoms with E-state index in [0.29, 0.717) is 0 Å². The van der Waals surface area contributed by atoms with Gasteiger partial charge < -0.3 is 0 Å². The third-order valence-corrected chi connectivity index (χ3v) is 5.04. The van der Waals surface area contributed by atoms with Crippen molar-refractivity contribution >= 4 is 0 Å². The van der Waals surface area contributed by atoms with Gasteiger partial charge in [-0.2, -0.15) is 0 Å². The predicted molar refractivity (Wildman–Crippen MR) is 84.2 cm³/mol. The van der Waals surface area contributed by atoms with Gasteiger partial charge in [0.15, 0.2) is 0 Å². The molecule has 0 heteroatoms. The van der Waals surface area contributed by atoms with E-state index in [1.807, 2.05) is 0 Å². The lowest BCUT2D eigenvalue weighted by Gasteiger charge is -2.37. The summed E-state index contributed by atoms with van der Waals surface area (Å²) < 4.78 is 0. The fourth-order valence-electron chi connectivity index (χ4n) is 3.94. The highest BCUT2D eigenvalue weighted by molar-refractivity contribution is 5.14. The predicted octanol–water partition coefficient (Wildman–Crippen LogP) is 5.72. The third-order valence-electron chi connectivity index (χ3n) is 5.04. The van der Waals surface area contributed by atoms with Crippen LogP contribution in [0.5, 0.6) is 0 Å². The van der Waals surface area contributed by atoms with Crippen LogP contribution in [0, 0.1) is 23.7 Å². The van der Waals surface area contributed by atoms with Crippen LogP contribution in [0.25, 0.3) is 0 Å². The number of rotatable bonds is 5. The SMILES string of the molecule is CC(C)[C@@H]1CC[C@@H](C)C[C@H]1CCCc1ccccc1. The molecule has 0 saturated heterocycles. The molecule has 19 heavy (non-hydrogen) atoms. The number of hydrogen-bond donors (Lipinski definition) is 0. The minimum absolute atomic E-state index is 0.870. The van der Waals surface area contributed by atoms with Gasteiger partial charge in [-0.3, -0.25) is 0 Å². The molecule has 1 fully saturated rings. The van der Waals surface area contributed by atoms with Crippen molar-refractivity contribution < 1.29 is 0 Å². The zero-order chi connectivity index (χ0) is 13.7. The lowest BCUT2D eigenvalue weighted by molar-refractivity contribution is 0.134. The Bertz CT molecular complexity index is 352. The largest absolute Gasteiger partial charge is 0.0625 e. The molecule has 1 aliphatic carbocycles. The molecule has 0 N–H and O–H groups in total. The Morgan fingerprint density at radius 3 is 2.53 bits per heavy atom. The van der Waals surface area contributed by atoms with Crippen LogP contribution in [-0.4, -0.2) is 0 Å². The molecule has 0 unspecified atom stereocenters. The van der Waals surface area contributed by atoms with Gasteiger partial charge in [-0.25, -0.2) is 0 Å². The Kier molecular flexibility index (Phi) is 5.48. The third kappa shape index (κ3) is 4.37. The van der Waals surface area contributed by atoms with Crippen LogP contribution in [0.1, 0.15) is 58.4 Å². The molecule has 2 rings (SSSR count). The first-order valence-electron chi connectivity index (χ1n) is 8.20. The summed E-state index contributed by atoms with van der Waals surface area (Å²) in [6.45, 7) is 7.29. The summed E-state index contributed by atoms with van der Waals surface area (Å²) >= 11 is 0. The zero-order valence-electron chi connectivity index (χ0n) is 12.9. The number of benzene rings is 1. The van der Waals surface area contributed by atoms with Gasteiger partial charge in [0.05, 0.1) is 0 Å². The van der Waals surface area contributed by atoms with Gasteiger partial charge in [0.1, 0.15) is 0 Å². The van der Waals surface area contributed by atoms with Crippen LogP contribution in [0.15, 0.2) is 30.3 Å². The maximum atomic E-state index is 2.45. The minimum Gasteiger partial charge on any atom is -0.0625 e. The second-order valence-electron chi connectivity index (χ2n) is 6.96. The van der Waals surface area contributed by atoms with Crippen molar-refractivity contribution in [3.05, 3.63) is 35.9 Å². The Balaban J connectivity index is 1.82. The molecule has 0 radical (unpaired) electrons. The Morgan fingerprint density at radius 1 is 1.11 bits per heavy atom. The van der Waals surface area contributed by atoms with Gasteiger partial charge >= 0.3 is 0 Å². The molecular formula is C19H30. The van der Waals surface area contributed by atoms with Crippen molar-refractivity contribution in [3.63, 3.8) is 0 Å². The number of aryl methyl sites for hydroxylation is 1. The van der Waals surface area contributed by atoms with Crippen LogP contribution in [0.4, 0.5) is 0 Å². The highest BCUT2D eigenvalue weighted by Crippen LogP contribution is 2.40. The highest BCUT2D eigenvalue weighted by Gasteiger charge is 2.29. The summed E-state index contributed by atoms with van der Waals surface area (Å²) in [6.07, 6.45) is 8.45. The quantitative estimate of drug-likeness (QED) is 0.634. The first-order chi connectivity index (χ1) is 9.16. The first-order valence-corrected chi connectivity index (χ1v) is 8.20. The molecule has 0 bridgehead atoms. The van der Waals surface area contributed by atoms with E-state index in [1.54, 1.807) is 0 Å². The summed E-state index contributed by atoms with van der Waals surface area (Å²) in [4.78, 5) is 0. The van der Waals surface area contributed by atoms with Crippen molar-refractivity contribution in [2.24, 2.45) is 23.7 Å². The van der Waals surface area contributed by atoms with E-state index in [0.717, 1.165) is 23.7 Å². The van der Waals surface area contributed by atoms with Crippen molar-refractivity contribution in [3.8, 4) is 0 Å². The molecule has 0 amide bonds. The normalized spacial score (nSPS) is 27.7. The van der Waals surface area contributed by atoms with Crippen molar-refractivity contribution in [1.82, 2.24) is 0 Å². The summed E-state index contributed by atoms with van der Waals surface area (Å²) in [5.41, 5.74) is 1.51. The van der Waals surface area contributed by atoms with Crippen molar-refractivity contribution in [1.29, 1.82) is 0 Å². The average molecular weight is 258 g/mol. The smallest absolute Gasteiger partial charge is 0.0279 e. The Labute approximate surface area is 119 Å². The van der Waals surface area contributed by atoms with E-state index in [1.165, 1.54) is 44.1 Å². The second-order valence-corrected chi connectivity index (χ2v) is 6.96.